The normalized spacial score (nSPS) is 11.1. The molecule has 0 aliphatic carbocycles. The smallest absolute Gasteiger partial charge is 0.417 e. The van der Waals surface area contributed by atoms with Gasteiger partial charge in [-0.05, 0) is 18.6 Å². The van der Waals surface area contributed by atoms with Crippen molar-refractivity contribution in [3.63, 3.8) is 0 Å². The summed E-state index contributed by atoms with van der Waals surface area (Å²) in [5.74, 6) is -0.358. The first-order valence-electron chi connectivity index (χ1n) is 6.92. The molecule has 2 aromatic heterocycles. The molecule has 0 atom stereocenters. The Morgan fingerprint density at radius 3 is 2.17 bits per heavy atom. The van der Waals surface area contributed by atoms with Gasteiger partial charge in [-0.2, -0.15) is 13.2 Å². The lowest BCUT2D eigenvalue weighted by Crippen LogP contribution is -2.12. The lowest BCUT2D eigenvalue weighted by atomic mass is 10.3. The molecule has 7 nitrogen and oxygen atoms in total. The number of carbonyl (C=O) groups is 1. The Balaban J connectivity index is 1.70. The highest BCUT2D eigenvalue weighted by Gasteiger charge is 2.30. The van der Waals surface area contributed by atoms with Gasteiger partial charge in [-0.1, -0.05) is 0 Å². The second-order valence-electron chi connectivity index (χ2n) is 4.73. The zero-order valence-electron chi connectivity index (χ0n) is 12.3. The number of aromatic carboxylic acids is 1. The molecule has 2 heterocycles. The molecular weight excluding hydrogens is 327 g/mol. The van der Waals surface area contributed by atoms with Crippen molar-refractivity contribution in [2.75, 3.05) is 23.7 Å². The molecule has 0 saturated carbocycles. The molecule has 0 spiro atoms. The Kier molecular flexibility index (Phi) is 5.51. The van der Waals surface area contributed by atoms with Crippen molar-refractivity contribution in [1.29, 1.82) is 0 Å². The number of carboxylic acids is 1. The predicted molar refractivity (Wildman–Crippen MR) is 79.8 cm³/mol. The monoisotopic (exact) mass is 341 g/mol. The van der Waals surface area contributed by atoms with Crippen LogP contribution in [-0.4, -0.2) is 39.1 Å². The van der Waals surface area contributed by atoms with Gasteiger partial charge in [0.1, 0.15) is 11.6 Å². The first-order chi connectivity index (χ1) is 11.4. The van der Waals surface area contributed by atoms with Crippen molar-refractivity contribution in [3.05, 3.63) is 42.0 Å². The summed E-state index contributed by atoms with van der Waals surface area (Å²) in [6, 6.07) is 2.24. The molecular formula is C14H14F3N5O2. The third-order valence-electron chi connectivity index (χ3n) is 2.93. The van der Waals surface area contributed by atoms with Gasteiger partial charge < -0.3 is 15.7 Å². The molecule has 0 radical (unpaired) electrons. The number of alkyl halides is 3. The predicted octanol–water partition coefficient (Wildman–Crippen LogP) is 2.50. The van der Waals surface area contributed by atoms with Crippen molar-refractivity contribution >= 4 is 17.6 Å². The molecule has 0 fully saturated rings. The topological polar surface area (TPSA) is 100 Å². The Labute approximate surface area is 135 Å². The highest BCUT2D eigenvalue weighted by atomic mass is 19.4. The largest absolute Gasteiger partial charge is 0.476 e. The van der Waals surface area contributed by atoms with Crippen LogP contribution in [0.15, 0.2) is 30.7 Å². The average Bonchev–Trinajstić information content (AvgIpc) is 2.54. The maximum atomic E-state index is 12.4. The van der Waals surface area contributed by atoms with Gasteiger partial charge in [-0.15, -0.1) is 0 Å². The molecule has 10 heteroatoms. The number of pyridine rings is 1. The summed E-state index contributed by atoms with van der Waals surface area (Å²) in [7, 11) is 0. The second-order valence-corrected chi connectivity index (χ2v) is 4.73. The third-order valence-corrected chi connectivity index (χ3v) is 2.93. The number of nitrogens with one attached hydrogen (secondary N) is 2. The molecule has 0 aliphatic heterocycles. The zero-order chi connectivity index (χ0) is 17.6. The molecule has 2 aromatic rings. The maximum Gasteiger partial charge on any atom is 0.417 e. The maximum absolute atomic E-state index is 12.4. The van der Waals surface area contributed by atoms with Gasteiger partial charge in [0.2, 0.25) is 0 Å². The summed E-state index contributed by atoms with van der Waals surface area (Å²) >= 11 is 0. The van der Waals surface area contributed by atoms with Crippen LogP contribution >= 0.6 is 0 Å². The molecule has 3 N–H and O–H groups in total. The number of rotatable bonds is 7. The summed E-state index contributed by atoms with van der Waals surface area (Å²) in [6.45, 7) is 1.01. The standard InChI is InChI=1S/C14H14F3N5O2/c15-14(16,17)9-2-3-11(21-6-9)18-4-1-5-19-12-8-20-10(7-22-12)13(23)24/h2-3,6-8H,1,4-5H2,(H,18,21)(H,19,22)(H,23,24). The third kappa shape index (κ3) is 5.07. The van der Waals surface area contributed by atoms with E-state index in [0.717, 1.165) is 18.5 Å². The van der Waals surface area contributed by atoms with Crippen LogP contribution in [-0.2, 0) is 6.18 Å². The summed E-state index contributed by atoms with van der Waals surface area (Å²) in [4.78, 5) is 21.9. The van der Waals surface area contributed by atoms with E-state index in [4.69, 9.17) is 5.11 Å². The minimum Gasteiger partial charge on any atom is -0.476 e. The van der Waals surface area contributed by atoms with Crippen LogP contribution in [0.3, 0.4) is 0 Å². The first-order valence-corrected chi connectivity index (χ1v) is 6.92. The van der Waals surface area contributed by atoms with Gasteiger partial charge in [0.25, 0.3) is 0 Å². The molecule has 0 unspecified atom stereocenters. The van der Waals surface area contributed by atoms with Crippen LogP contribution in [0, 0.1) is 0 Å². The number of hydrogen-bond acceptors (Lipinski definition) is 6. The fourth-order valence-electron chi connectivity index (χ4n) is 1.72. The number of nitrogens with zero attached hydrogens (tertiary/aromatic N) is 3. The molecule has 0 aliphatic rings. The van der Waals surface area contributed by atoms with E-state index >= 15 is 0 Å². The van der Waals surface area contributed by atoms with Crippen LogP contribution < -0.4 is 10.6 Å². The van der Waals surface area contributed by atoms with Crippen molar-refractivity contribution in [2.45, 2.75) is 12.6 Å². The van der Waals surface area contributed by atoms with E-state index in [0.29, 0.717) is 31.1 Å². The minimum atomic E-state index is -4.40. The fourth-order valence-corrected chi connectivity index (χ4v) is 1.72. The van der Waals surface area contributed by atoms with Crippen LogP contribution in [0.2, 0.25) is 0 Å². The summed E-state index contributed by atoms with van der Waals surface area (Å²) in [5.41, 5.74) is -0.936. The highest BCUT2D eigenvalue weighted by Crippen LogP contribution is 2.28. The van der Waals surface area contributed by atoms with Gasteiger partial charge >= 0.3 is 12.1 Å². The molecule has 2 rings (SSSR count). The average molecular weight is 341 g/mol. The number of carboxylic acid groups (broad SMARTS) is 1. The Bertz CT molecular complexity index is 674. The van der Waals surface area contributed by atoms with Crippen LogP contribution in [0.1, 0.15) is 22.5 Å². The van der Waals surface area contributed by atoms with Gasteiger partial charge in [0, 0.05) is 19.3 Å². The lowest BCUT2D eigenvalue weighted by Gasteiger charge is -2.09. The number of halogens is 3. The van der Waals surface area contributed by atoms with Crippen molar-refractivity contribution < 1.29 is 23.1 Å². The van der Waals surface area contributed by atoms with Crippen LogP contribution in [0.5, 0.6) is 0 Å². The van der Waals surface area contributed by atoms with Crippen LogP contribution in [0.25, 0.3) is 0 Å². The summed E-state index contributed by atoms with van der Waals surface area (Å²) in [5, 5.41) is 14.5. The lowest BCUT2D eigenvalue weighted by molar-refractivity contribution is -0.137. The SMILES string of the molecule is O=C(O)c1cnc(NCCCNc2ccc(C(F)(F)F)cn2)cn1. The van der Waals surface area contributed by atoms with E-state index in [2.05, 4.69) is 25.6 Å². The Hall–Kier alpha value is -2.91. The first kappa shape index (κ1) is 17.4. The minimum absolute atomic E-state index is 0.143. The molecule has 0 aromatic carbocycles. The Morgan fingerprint density at radius 1 is 1.00 bits per heavy atom. The fraction of sp³-hybridized carbons (Fsp3) is 0.286. The zero-order valence-corrected chi connectivity index (χ0v) is 12.3. The summed E-state index contributed by atoms with van der Waals surface area (Å²) < 4.78 is 37.2. The number of aromatic nitrogens is 3. The number of anilines is 2. The quantitative estimate of drug-likeness (QED) is 0.665. The van der Waals surface area contributed by atoms with E-state index < -0.39 is 17.7 Å². The van der Waals surface area contributed by atoms with Gasteiger partial charge in [-0.3, -0.25) is 0 Å². The summed E-state index contributed by atoms with van der Waals surface area (Å²) in [6.07, 6.45) is -0.513. The highest BCUT2D eigenvalue weighted by molar-refractivity contribution is 5.84. The second kappa shape index (κ2) is 7.57. The molecule has 24 heavy (non-hydrogen) atoms. The van der Waals surface area contributed by atoms with Gasteiger partial charge in [-0.25, -0.2) is 19.7 Å². The molecule has 0 amide bonds. The van der Waals surface area contributed by atoms with Crippen LogP contribution in [0.4, 0.5) is 24.8 Å². The van der Waals surface area contributed by atoms with Gasteiger partial charge in [0.15, 0.2) is 5.69 Å². The molecule has 128 valence electrons. The van der Waals surface area contributed by atoms with E-state index in [9.17, 15) is 18.0 Å². The molecule has 0 bridgehead atoms. The van der Waals surface area contributed by atoms with E-state index in [1.807, 2.05) is 0 Å². The number of hydrogen-bond donors (Lipinski definition) is 3. The van der Waals surface area contributed by atoms with Gasteiger partial charge in [0.05, 0.1) is 18.0 Å². The van der Waals surface area contributed by atoms with E-state index in [1.54, 1.807) is 0 Å². The van der Waals surface area contributed by atoms with E-state index in [1.165, 1.54) is 12.3 Å². The molecule has 0 saturated heterocycles. The van der Waals surface area contributed by atoms with Crippen molar-refractivity contribution in [2.24, 2.45) is 0 Å². The Morgan fingerprint density at radius 2 is 1.67 bits per heavy atom. The van der Waals surface area contributed by atoms with E-state index in [-0.39, 0.29) is 5.69 Å². The van der Waals surface area contributed by atoms with Crippen molar-refractivity contribution in [3.8, 4) is 0 Å². The van der Waals surface area contributed by atoms with Crippen molar-refractivity contribution in [1.82, 2.24) is 15.0 Å².